The topological polar surface area (TPSA) is 23.9 Å². The Hall–Kier alpha value is -0.850. The highest BCUT2D eigenvalue weighted by molar-refractivity contribution is 5.76. The second-order valence-corrected chi connectivity index (χ2v) is 2.52. The summed E-state index contributed by atoms with van der Waals surface area (Å²) in [7, 11) is 0. The molecule has 0 atom stereocenters. The molecule has 1 N–H and O–H groups in total. The molecule has 0 aliphatic rings. The lowest BCUT2D eigenvalue weighted by Crippen LogP contribution is -1.82. The summed E-state index contributed by atoms with van der Waals surface area (Å²) in [6.07, 6.45) is 10.8. The summed E-state index contributed by atoms with van der Waals surface area (Å²) < 4.78 is 0. The molecule has 0 aromatic heterocycles. The van der Waals surface area contributed by atoms with Crippen molar-refractivity contribution < 1.29 is 0 Å². The first kappa shape index (κ1) is 10.2. The third-order valence-electron chi connectivity index (χ3n) is 1.51. The molecule has 0 spiro atoms. The van der Waals surface area contributed by atoms with E-state index >= 15 is 0 Å². The fraction of sp³-hybridized carbons (Fsp3) is 0.500. The van der Waals surface area contributed by atoms with Gasteiger partial charge in [0.05, 0.1) is 0 Å². The molecule has 1 nitrogen and oxygen atoms in total. The predicted octanol–water partition coefficient (Wildman–Crippen LogP) is 3.33. The fourth-order valence-electron chi connectivity index (χ4n) is 0.804. The van der Waals surface area contributed by atoms with Crippen molar-refractivity contribution in [2.24, 2.45) is 0 Å². The van der Waals surface area contributed by atoms with Crippen LogP contribution in [-0.2, 0) is 0 Å². The van der Waals surface area contributed by atoms with Crippen molar-refractivity contribution >= 4 is 6.21 Å². The van der Waals surface area contributed by atoms with Gasteiger partial charge in [-0.25, -0.2) is 0 Å². The van der Waals surface area contributed by atoms with Crippen LogP contribution >= 0.6 is 0 Å². The lowest BCUT2D eigenvalue weighted by atomic mass is 10.1. The third-order valence-corrected chi connectivity index (χ3v) is 1.51. The molecule has 0 unspecified atom stereocenters. The first-order valence-corrected chi connectivity index (χ1v) is 4.17. The zero-order valence-electron chi connectivity index (χ0n) is 7.43. The summed E-state index contributed by atoms with van der Waals surface area (Å²) in [6, 6.07) is 0. The number of rotatable bonds is 5. The quantitative estimate of drug-likeness (QED) is 0.460. The normalized spacial score (nSPS) is 12.4. The van der Waals surface area contributed by atoms with Gasteiger partial charge in [-0.2, -0.15) is 0 Å². The molecule has 0 aliphatic heterocycles. The molecule has 0 rings (SSSR count). The Kier molecular flexibility index (Phi) is 6.70. The molecule has 0 aromatic carbocycles. The molecule has 0 saturated heterocycles. The van der Waals surface area contributed by atoms with Gasteiger partial charge in [0.2, 0.25) is 0 Å². The third kappa shape index (κ3) is 5.59. The average Bonchev–Trinajstić information content (AvgIpc) is 2.05. The second kappa shape index (κ2) is 7.26. The molecule has 0 aliphatic carbocycles. The maximum Gasteiger partial charge on any atom is 0.0209 e. The largest absolute Gasteiger partial charge is 0.308 e. The van der Waals surface area contributed by atoms with E-state index in [0.29, 0.717) is 0 Å². The molecule has 11 heavy (non-hydrogen) atoms. The van der Waals surface area contributed by atoms with Gasteiger partial charge < -0.3 is 5.41 Å². The van der Waals surface area contributed by atoms with Gasteiger partial charge in [-0.1, -0.05) is 31.6 Å². The van der Waals surface area contributed by atoms with Crippen molar-refractivity contribution in [2.75, 3.05) is 0 Å². The lowest BCUT2D eigenvalue weighted by Gasteiger charge is -1.96. The smallest absolute Gasteiger partial charge is 0.0209 e. The maximum atomic E-state index is 7.09. The van der Waals surface area contributed by atoms with Crippen LogP contribution in [0.4, 0.5) is 0 Å². The van der Waals surface area contributed by atoms with E-state index in [1.165, 1.54) is 19.1 Å². The van der Waals surface area contributed by atoms with Crippen LogP contribution in [0.15, 0.2) is 23.8 Å². The first-order chi connectivity index (χ1) is 5.35. The van der Waals surface area contributed by atoms with Gasteiger partial charge in [-0.05, 0) is 25.3 Å². The highest BCUT2D eigenvalue weighted by Crippen LogP contribution is 2.04. The summed E-state index contributed by atoms with van der Waals surface area (Å²) in [5.41, 5.74) is 1.12. The zero-order chi connectivity index (χ0) is 8.53. The Bertz CT molecular complexity index is 154. The molecular weight excluding hydrogens is 134 g/mol. The number of hydrogen-bond acceptors (Lipinski definition) is 1. The second-order valence-electron chi connectivity index (χ2n) is 2.52. The van der Waals surface area contributed by atoms with Crippen LogP contribution in [0, 0.1) is 5.41 Å². The number of allylic oxidation sites excluding steroid dienone is 4. The predicted molar refractivity (Wildman–Crippen MR) is 51.2 cm³/mol. The van der Waals surface area contributed by atoms with Crippen LogP contribution in [-0.4, -0.2) is 6.21 Å². The molecule has 0 bridgehead atoms. The van der Waals surface area contributed by atoms with Crippen molar-refractivity contribution in [1.29, 1.82) is 5.41 Å². The van der Waals surface area contributed by atoms with Crippen LogP contribution < -0.4 is 0 Å². The SMILES string of the molecule is C/C=C\C=C(/C=N)CCCC. The summed E-state index contributed by atoms with van der Waals surface area (Å²) in [4.78, 5) is 0. The zero-order valence-corrected chi connectivity index (χ0v) is 7.43. The number of unbranched alkanes of at least 4 members (excludes halogenated alkanes) is 1. The Labute approximate surface area is 69.3 Å². The molecular formula is C10H17N. The van der Waals surface area contributed by atoms with E-state index < -0.39 is 0 Å². The molecule has 0 saturated carbocycles. The minimum atomic E-state index is 1.03. The van der Waals surface area contributed by atoms with Gasteiger partial charge in [-0.15, -0.1) is 0 Å². The van der Waals surface area contributed by atoms with Gasteiger partial charge in [-0.3, -0.25) is 0 Å². The molecule has 0 amide bonds. The summed E-state index contributed by atoms with van der Waals surface area (Å²) in [5.74, 6) is 0. The average molecular weight is 151 g/mol. The highest BCUT2D eigenvalue weighted by Gasteiger charge is 1.89. The van der Waals surface area contributed by atoms with Crippen LogP contribution in [0.25, 0.3) is 0 Å². The summed E-state index contributed by atoms with van der Waals surface area (Å²) >= 11 is 0. The highest BCUT2D eigenvalue weighted by atomic mass is 14.3. The van der Waals surface area contributed by atoms with E-state index in [1.54, 1.807) is 0 Å². The standard InChI is InChI=1S/C10H17N/c1-3-5-7-10(9-11)8-6-4-2/h3,5,7,9,11H,4,6,8H2,1-2H3/b5-3-,10-7-,11-9?. The van der Waals surface area contributed by atoms with Crippen LogP contribution in [0.2, 0.25) is 0 Å². The Morgan fingerprint density at radius 1 is 1.45 bits per heavy atom. The minimum Gasteiger partial charge on any atom is -0.308 e. The molecule has 0 fully saturated rings. The van der Waals surface area contributed by atoms with Gasteiger partial charge >= 0.3 is 0 Å². The van der Waals surface area contributed by atoms with Crippen LogP contribution in [0.3, 0.4) is 0 Å². The molecule has 0 aromatic rings. The van der Waals surface area contributed by atoms with E-state index in [1.807, 2.05) is 25.2 Å². The van der Waals surface area contributed by atoms with E-state index in [0.717, 1.165) is 12.0 Å². The van der Waals surface area contributed by atoms with Crippen molar-refractivity contribution in [1.82, 2.24) is 0 Å². The molecule has 0 radical (unpaired) electrons. The van der Waals surface area contributed by atoms with Gasteiger partial charge in [0.25, 0.3) is 0 Å². The minimum absolute atomic E-state index is 1.03. The molecule has 1 heteroatoms. The van der Waals surface area contributed by atoms with Crippen molar-refractivity contribution in [3.63, 3.8) is 0 Å². The van der Waals surface area contributed by atoms with Crippen molar-refractivity contribution in [2.45, 2.75) is 33.1 Å². The van der Waals surface area contributed by atoms with Crippen LogP contribution in [0.5, 0.6) is 0 Å². The number of hydrogen-bond donors (Lipinski definition) is 1. The van der Waals surface area contributed by atoms with Gasteiger partial charge in [0, 0.05) is 6.21 Å². The Morgan fingerprint density at radius 2 is 2.18 bits per heavy atom. The van der Waals surface area contributed by atoms with Crippen molar-refractivity contribution in [3.8, 4) is 0 Å². The van der Waals surface area contributed by atoms with E-state index in [-0.39, 0.29) is 0 Å². The fourth-order valence-corrected chi connectivity index (χ4v) is 0.804. The first-order valence-electron chi connectivity index (χ1n) is 4.17. The Morgan fingerprint density at radius 3 is 2.64 bits per heavy atom. The van der Waals surface area contributed by atoms with Crippen molar-refractivity contribution in [3.05, 3.63) is 23.8 Å². The molecule has 0 heterocycles. The van der Waals surface area contributed by atoms with Crippen LogP contribution in [0.1, 0.15) is 33.1 Å². The lowest BCUT2D eigenvalue weighted by molar-refractivity contribution is 0.804. The summed E-state index contributed by atoms with van der Waals surface area (Å²) in [6.45, 7) is 4.15. The maximum absolute atomic E-state index is 7.09. The molecule has 62 valence electrons. The van der Waals surface area contributed by atoms with E-state index in [9.17, 15) is 0 Å². The van der Waals surface area contributed by atoms with E-state index in [4.69, 9.17) is 5.41 Å². The van der Waals surface area contributed by atoms with Gasteiger partial charge in [0.15, 0.2) is 0 Å². The number of nitrogens with one attached hydrogen (secondary N) is 1. The Balaban J connectivity index is 3.83. The monoisotopic (exact) mass is 151 g/mol. The summed E-state index contributed by atoms with van der Waals surface area (Å²) in [5, 5.41) is 7.09. The van der Waals surface area contributed by atoms with Gasteiger partial charge in [0.1, 0.15) is 0 Å². The van der Waals surface area contributed by atoms with E-state index in [2.05, 4.69) is 6.92 Å².